The third kappa shape index (κ3) is 3.05. The first-order valence-corrected chi connectivity index (χ1v) is 8.42. The molecule has 0 fully saturated rings. The van der Waals surface area contributed by atoms with E-state index < -0.39 is 0 Å². The molecule has 1 aromatic heterocycles. The van der Waals surface area contributed by atoms with Gasteiger partial charge in [-0.3, -0.25) is 10.1 Å². The normalized spacial score (nSPS) is 10.8. The van der Waals surface area contributed by atoms with Crippen LogP contribution in [0.5, 0.6) is 0 Å². The lowest BCUT2D eigenvalue weighted by Crippen LogP contribution is -2.36. The van der Waals surface area contributed by atoms with E-state index in [4.69, 9.17) is 0 Å². The number of aromatic nitrogens is 1. The van der Waals surface area contributed by atoms with Crippen LogP contribution in [-0.2, 0) is 6.54 Å². The number of pyridine rings is 1. The summed E-state index contributed by atoms with van der Waals surface area (Å²) in [4.78, 5) is 10.9. The number of nitro benzene ring substituents is 1. The van der Waals surface area contributed by atoms with Crippen molar-refractivity contribution in [2.45, 2.75) is 6.54 Å². The summed E-state index contributed by atoms with van der Waals surface area (Å²) in [7, 11) is 0. The molecule has 0 bridgehead atoms. The van der Waals surface area contributed by atoms with Gasteiger partial charge in [-0.05, 0) is 17.5 Å². The number of hydrogen-bond acceptors (Lipinski definition) is 2. The van der Waals surface area contributed by atoms with Crippen LogP contribution in [0.3, 0.4) is 0 Å². The minimum atomic E-state index is -0.351. The fraction of sp³-hybridized carbons (Fsp3) is 0.0455. The summed E-state index contributed by atoms with van der Waals surface area (Å²) in [6, 6.07) is 27.2. The summed E-state index contributed by atoms with van der Waals surface area (Å²) < 4.78 is 2.15. The quantitative estimate of drug-likeness (QED) is 0.305. The number of fused-ring (bicyclic) bond motifs is 1. The molecule has 0 atom stereocenters. The SMILES string of the molecule is O=[N+]([O-])c1cccc(-c2c3ccccc3cc[n+]2Cc2ccccc2)c1. The van der Waals surface area contributed by atoms with Crippen LogP contribution < -0.4 is 4.57 Å². The standard InChI is InChI=1S/C22H17N2O2/c25-24(26)20-11-6-10-19(15-20)22-21-12-5-4-9-18(21)13-14-23(22)16-17-7-2-1-3-8-17/h1-15H,16H2/q+1. The highest BCUT2D eigenvalue weighted by molar-refractivity contribution is 5.93. The van der Waals surface area contributed by atoms with Crippen LogP contribution in [-0.4, -0.2) is 4.92 Å². The lowest BCUT2D eigenvalue weighted by Gasteiger charge is -2.08. The van der Waals surface area contributed by atoms with Crippen LogP contribution in [0, 0.1) is 10.1 Å². The fourth-order valence-corrected chi connectivity index (χ4v) is 3.26. The van der Waals surface area contributed by atoms with Crippen molar-refractivity contribution in [3.8, 4) is 11.3 Å². The van der Waals surface area contributed by atoms with Gasteiger partial charge in [-0.25, -0.2) is 0 Å². The Morgan fingerprint density at radius 1 is 0.846 bits per heavy atom. The van der Waals surface area contributed by atoms with E-state index >= 15 is 0 Å². The summed E-state index contributed by atoms with van der Waals surface area (Å²) >= 11 is 0. The van der Waals surface area contributed by atoms with Crippen molar-refractivity contribution < 1.29 is 9.49 Å². The van der Waals surface area contributed by atoms with Crippen LogP contribution in [0.25, 0.3) is 22.0 Å². The minimum absolute atomic E-state index is 0.0988. The van der Waals surface area contributed by atoms with Crippen molar-refractivity contribution in [3.05, 3.63) is 107 Å². The van der Waals surface area contributed by atoms with Crippen LogP contribution in [0.4, 0.5) is 5.69 Å². The maximum atomic E-state index is 11.2. The average Bonchev–Trinajstić information content (AvgIpc) is 2.68. The second kappa shape index (κ2) is 6.76. The van der Waals surface area contributed by atoms with Crippen LogP contribution in [0.2, 0.25) is 0 Å². The Bertz CT molecular complexity index is 1090. The average molecular weight is 341 g/mol. The molecule has 26 heavy (non-hydrogen) atoms. The summed E-state index contributed by atoms with van der Waals surface area (Å²) in [5, 5.41) is 13.4. The van der Waals surface area contributed by atoms with Crippen molar-refractivity contribution in [2.24, 2.45) is 0 Å². The molecule has 0 amide bonds. The van der Waals surface area contributed by atoms with Gasteiger partial charge < -0.3 is 0 Å². The highest BCUT2D eigenvalue weighted by atomic mass is 16.6. The predicted molar refractivity (Wildman–Crippen MR) is 102 cm³/mol. The van der Waals surface area contributed by atoms with E-state index in [1.165, 1.54) is 11.6 Å². The number of nitrogens with zero attached hydrogens (tertiary/aromatic N) is 2. The van der Waals surface area contributed by atoms with Crippen molar-refractivity contribution >= 4 is 16.5 Å². The molecule has 4 nitrogen and oxygen atoms in total. The first kappa shape index (κ1) is 16.0. The first-order valence-electron chi connectivity index (χ1n) is 8.42. The van der Waals surface area contributed by atoms with Crippen molar-refractivity contribution in [2.75, 3.05) is 0 Å². The van der Waals surface area contributed by atoms with Crippen molar-refractivity contribution in [1.29, 1.82) is 0 Å². The number of non-ortho nitro benzene ring substituents is 1. The summed E-state index contributed by atoms with van der Waals surface area (Å²) in [5.74, 6) is 0. The molecular formula is C22H17N2O2+. The topological polar surface area (TPSA) is 47.0 Å². The molecule has 4 aromatic rings. The van der Waals surface area contributed by atoms with E-state index in [1.807, 2.05) is 42.6 Å². The zero-order chi connectivity index (χ0) is 17.9. The Labute approximate surface area is 151 Å². The molecule has 3 aromatic carbocycles. The monoisotopic (exact) mass is 341 g/mol. The fourth-order valence-electron chi connectivity index (χ4n) is 3.26. The van der Waals surface area contributed by atoms with E-state index in [0.29, 0.717) is 6.54 Å². The molecule has 0 aliphatic rings. The number of nitro groups is 1. The Hall–Kier alpha value is -3.53. The van der Waals surface area contributed by atoms with Gasteiger partial charge >= 0.3 is 0 Å². The molecule has 0 aliphatic carbocycles. The van der Waals surface area contributed by atoms with Gasteiger partial charge in [0.15, 0.2) is 12.7 Å². The minimum Gasteiger partial charge on any atom is -0.258 e. The smallest absolute Gasteiger partial charge is 0.258 e. The van der Waals surface area contributed by atoms with E-state index in [2.05, 4.69) is 34.9 Å². The molecule has 0 aliphatic heterocycles. The molecule has 0 unspecified atom stereocenters. The Morgan fingerprint density at radius 3 is 2.42 bits per heavy atom. The van der Waals surface area contributed by atoms with Gasteiger partial charge in [0.05, 0.1) is 15.9 Å². The van der Waals surface area contributed by atoms with Gasteiger partial charge in [0.25, 0.3) is 5.69 Å². The number of rotatable bonds is 4. The molecule has 0 saturated heterocycles. The van der Waals surface area contributed by atoms with Crippen LogP contribution >= 0.6 is 0 Å². The van der Waals surface area contributed by atoms with E-state index in [-0.39, 0.29) is 10.6 Å². The van der Waals surface area contributed by atoms with Crippen molar-refractivity contribution in [3.63, 3.8) is 0 Å². The van der Waals surface area contributed by atoms with Gasteiger partial charge in [-0.2, -0.15) is 4.57 Å². The molecule has 4 rings (SSSR count). The Kier molecular flexibility index (Phi) is 4.15. The number of benzene rings is 3. The summed E-state index contributed by atoms with van der Waals surface area (Å²) in [6.07, 6.45) is 2.05. The molecule has 0 radical (unpaired) electrons. The lowest BCUT2D eigenvalue weighted by atomic mass is 10.0. The highest BCUT2D eigenvalue weighted by Crippen LogP contribution is 2.28. The maximum absolute atomic E-state index is 11.2. The second-order valence-corrected chi connectivity index (χ2v) is 6.17. The highest BCUT2D eigenvalue weighted by Gasteiger charge is 2.20. The van der Waals surface area contributed by atoms with E-state index in [0.717, 1.165) is 22.0 Å². The van der Waals surface area contributed by atoms with Crippen LogP contribution in [0.15, 0.2) is 91.1 Å². The zero-order valence-corrected chi connectivity index (χ0v) is 14.1. The third-order valence-electron chi connectivity index (χ3n) is 4.46. The molecule has 1 heterocycles. The van der Waals surface area contributed by atoms with Crippen LogP contribution in [0.1, 0.15) is 5.56 Å². The largest absolute Gasteiger partial charge is 0.270 e. The van der Waals surface area contributed by atoms with Crippen molar-refractivity contribution in [1.82, 2.24) is 0 Å². The van der Waals surface area contributed by atoms with E-state index in [9.17, 15) is 10.1 Å². The molecule has 0 saturated carbocycles. The molecule has 0 N–H and O–H groups in total. The first-order chi connectivity index (χ1) is 12.7. The van der Waals surface area contributed by atoms with Gasteiger partial charge in [0.2, 0.25) is 5.69 Å². The second-order valence-electron chi connectivity index (χ2n) is 6.17. The maximum Gasteiger partial charge on any atom is 0.270 e. The lowest BCUT2D eigenvalue weighted by molar-refractivity contribution is -0.676. The predicted octanol–water partition coefficient (Wildman–Crippen LogP) is 4.75. The van der Waals surface area contributed by atoms with Gasteiger partial charge in [0.1, 0.15) is 0 Å². The Morgan fingerprint density at radius 2 is 1.62 bits per heavy atom. The molecule has 0 spiro atoms. The Balaban J connectivity index is 1.94. The molecule has 126 valence electrons. The van der Waals surface area contributed by atoms with E-state index in [1.54, 1.807) is 12.1 Å². The summed E-state index contributed by atoms with van der Waals surface area (Å²) in [5.41, 5.74) is 3.10. The van der Waals surface area contributed by atoms with Gasteiger partial charge in [0, 0.05) is 23.8 Å². The van der Waals surface area contributed by atoms with Gasteiger partial charge in [-0.1, -0.05) is 54.6 Å². The third-order valence-corrected chi connectivity index (χ3v) is 4.46. The molecule has 4 heteroatoms. The number of hydrogen-bond donors (Lipinski definition) is 0. The zero-order valence-electron chi connectivity index (χ0n) is 14.1. The summed E-state index contributed by atoms with van der Waals surface area (Å²) in [6.45, 7) is 0.698. The molecular weight excluding hydrogens is 324 g/mol. The van der Waals surface area contributed by atoms with Gasteiger partial charge in [-0.15, -0.1) is 0 Å².